The maximum atomic E-state index is 12.5. The van der Waals surface area contributed by atoms with E-state index >= 15 is 0 Å². The molecule has 1 aromatic heterocycles. The third kappa shape index (κ3) is 3.41. The number of nitrogens with zero attached hydrogens (tertiary/aromatic N) is 3. The molecule has 28 heavy (non-hydrogen) atoms. The van der Waals surface area contributed by atoms with Gasteiger partial charge in [-0.2, -0.15) is 5.10 Å². The number of nitro benzene ring substituents is 1. The van der Waals surface area contributed by atoms with Gasteiger partial charge < -0.3 is 10.1 Å². The summed E-state index contributed by atoms with van der Waals surface area (Å²) < 4.78 is 0.581. The monoisotopic (exact) mass is 381 g/mol. The summed E-state index contributed by atoms with van der Waals surface area (Å²) in [6, 6.07) is 9.13. The third-order valence-electron chi connectivity index (χ3n) is 4.26. The Morgan fingerprint density at radius 2 is 1.86 bits per heavy atom. The number of nitro groups is 1. The van der Waals surface area contributed by atoms with E-state index < -0.39 is 33.0 Å². The smallest absolute Gasteiger partial charge is 0.349 e. The number of aromatic nitrogens is 2. The van der Waals surface area contributed by atoms with E-state index in [0.717, 1.165) is 6.21 Å². The van der Waals surface area contributed by atoms with Gasteiger partial charge in [0.1, 0.15) is 0 Å². The van der Waals surface area contributed by atoms with Gasteiger partial charge in [0.25, 0.3) is 11.2 Å². The van der Waals surface area contributed by atoms with Crippen molar-refractivity contribution in [1.82, 2.24) is 9.66 Å². The summed E-state index contributed by atoms with van der Waals surface area (Å²) in [6.07, 6.45) is 0.996. The first kappa shape index (κ1) is 19.0. The molecule has 0 amide bonds. The normalized spacial score (nSPS) is 12.0. The summed E-state index contributed by atoms with van der Waals surface area (Å²) in [5.41, 5.74) is -1.66. The van der Waals surface area contributed by atoms with Gasteiger partial charge in [-0.3, -0.25) is 14.9 Å². The predicted octanol–water partition coefficient (Wildman–Crippen LogP) is 1.85. The minimum absolute atomic E-state index is 0.0846. The Morgan fingerprint density at radius 3 is 2.50 bits per heavy atom. The van der Waals surface area contributed by atoms with Crippen molar-refractivity contribution in [1.29, 1.82) is 0 Å². The van der Waals surface area contributed by atoms with Crippen LogP contribution in [0, 0.1) is 10.1 Å². The second-order valence-corrected chi connectivity index (χ2v) is 7.26. The molecular weight excluding hydrogens is 364 g/mol. The second-order valence-electron chi connectivity index (χ2n) is 7.26. The highest BCUT2D eigenvalue weighted by atomic mass is 16.6. The van der Waals surface area contributed by atoms with Crippen LogP contribution in [0.25, 0.3) is 10.9 Å². The molecule has 2 aromatic carbocycles. The lowest BCUT2D eigenvalue weighted by molar-refractivity contribution is -0.398. The molecule has 1 N–H and O–H groups in total. The van der Waals surface area contributed by atoms with Crippen molar-refractivity contribution < 1.29 is 10.0 Å². The number of fused-ring (bicyclic) bond motifs is 1. The van der Waals surface area contributed by atoms with Crippen molar-refractivity contribution in [2.75, 3.05) is 0 Å². The molecule has 0 atom stereocenters. The summed E-state index contributed by atoms with van der Waals surface area (Å²) in [6.45, 7) is 5.53. The van der Waals surface area contributed by atoms with Gasteiger partial charge in [-0.15, -0.1) is 4.68 Å². The van der Waals surface area contributed by atoms with Gasteiger partial charge in [0, 0.05) is 6.07 Å². The minimum atomic E-state index is -0.841. The van der Waals surface area contributed by atoms with Gasteiger partial charge >= 0.3 is 5.69 Å². The highest BCUT2D eigenvalue weighted by Gasteiger charge is 2.20. The first-order valence-corrected chi connectivity index (χ1v) is 8.38. The van der Waals surface area contributed by atoms with Gasteiger partial charge in [-0.1, -0.05) is 32.9 Å². The van der Waals surface area contributed by atoms with Gasteiger partial charge in [-0.25, -0.2) is 4.79 Å². The van der Waals surface area contributed by atoms with Crippen LogP contribution in [-0.4, -0.2) is 20.8 Å². The molecule has 0 aliphatic rings. The quantitative estimate of drug-likeness (QED) is 0.420. The van der Waals surface area contributed by atoms with E-state index in [1.54, 1.807) is 18.2 Å². The first-order valence-electron chi connectivity index (χ1n) is 8.38. The molecule has 0 radical (unpaired) electrons. The van der Waals surface area contributed by atoms with E-state index in [2.05, 4.69) is 10.1 Å². The van der Waals surface area contributed by atoms with E-state index in [-0.39, 0.29) is 10.9 Å². The summed E-state index contributed by atoms with van der Waals surface area (Å²) in [5.74, 6) is -0.841. The van der Waals surface area contributed by atoms with E-state index in [1.165, 1.54) is 18.2 Å². The van der Waals surface area contributed by atoms with E-state index in [4.69, 9.17) is 0 Å². The van der Waals surface area contributed by atoms with Crippen molar-refractivity contribution in [3.8, 4) is 5.75 Å². The highest BCUT2D eigenvalue weighted by Crippen LogP contribution is 2.33. The van der Waals surface area contributed by atoms with Crippen LogP contribution in [0.2, 0.25) is 0 Å². The standard InChI is InChI=1S/C19H18N4O5/c1-19(2,3)12-8-11(16(24)15(9-12)23(27)28)10-20-22-17(25)13-6-4-5-7-14(13)21-18(22)26/h4-10,24H,1-3H3,(H,21,26)/p-1. The highest BCUT2D eigenvalue weighted by molar-refractivity contribution is 5.86. The van der Waals surface area contributed by atoms with Crippen molar-refractivity contribution in [2.45, 2.75) is 26.2 Å². The Balaban J connectivity index is 2.19. The van der Waals surface area contributed by atoms with Crippen molar-refractivity contribution in [3.05, 3.63) is 78.5 Å². The number of nitrogens with one attached hydrogen (secondary N) is 1. The number of hydrogen-bond donors (Lipinski definition) is 1. The Kier molecular flexibility index (Phi) is 4.60. The lowest BCUT2D eigenvalue weighted by atomic mass is 9.85. The predicted molar refractivity (Wildman–Crippen MR) is 103 cm³/mol. The number of benzene rings is 2. The summed E-state index contributed by atoms with van der Waals surface area (Å²) in [5, 5.41) is 27.7. The molecule has 0 fully saturated rings. The van der Waals surface area contributed by atoms with Gasteiger partial charge in [-0.05, 0) is 40.5 Å². The van der Waals surface area contributed by atoms with Gasteiger partial charge in [0.15, 0.2) is 0 Å². The molecule has 1 heterocycles. The lowest BCUT2D eigenvalue weighted by Gasteiger charge is -2.22. The second kappa shape index (κ2) is 6.76. The zero-order valence-corrected chi connectivity index (χ0v) is 15.4. The van der Waals surface area contributed by atoms with Gasteiger partial charge in [0.2, 0.25) is 0 Å². The Morgan fingerprint density at radius 1 is 1.18 bits per heavy atom. The molecule has 0 spiro atoms. The molecule has 0 saturated heterocycles. The van der Waals surface area contributed by atoms with Gasteiger partial charge in [0.05, 0.1) is 22.0 Å². The minimum Gasteiger partial charge on any atom is -0.867 e. The fourth-order valence-electron chi connectivity index (χ4n) is 2.68. The molecular formula is C19H17N4O5-. The zero-order chi connectivity index (χ0) is 20.6. The Hall–Kier alpha value is -3.75. The SMILES string of the molecule is CC(C)(C)c1cc(C=Nn2c(=O)[nH]c3ccccc3c2=O)c([O-])c([N+](=O)[O-])c1. The van der Waals surface area contributed by atoms with Crippen LogP contribution < -0.4 is 16.4 Å². The first-order chi connectivity index (χ1) is 13.1. The average molecular weight is 381 g/mol. The molecule has 0 bridgehead atoms. The molecule has 0 unspecified atom stereocenters. The Bertz CT molecular complexity index is 1230. The van der Waals surface area contributed by atoms with E-state index in [1.807, 2.05) is 20.8 Å². The topological polar surface area (TPSA) is 133 Å². The van der Waals surface area contributed by atoms with Crippen LogP contribution in [0.3, 0.4) is 0 Å². The largest absolute Gasteiger partial charge is 0.867 e. The number of aromatic amines is 1. The van der Waals surface area contributed by atoms with Crippen molar-refractivity contribution in [2.24, 2.45) is 5.10 Å². The Labute approximate surface area is 158 Å². The molecule has 0 aliphatic carbocycles. The molecule has 0 saturated carbocycles. The van der Waals surface area contributed by atoms with Crippen molar-refractivity contribution in [3.63, 3.8) is 0 Å². The molecule has 9 nitrogen and oxygen atoms in total. The summed E-state index contributed by atoms with van der Waals surface area (Å²) in [7, 11) is 0. The zero-order valence-electron chi connectivity index (χ0n) is 15.4. The maximum Gasteiger partial charge on any atom is 0.349 e. The van der Waals surface area contributed by atoms with Crippen LogP contribution in [0.4, 0.5) is 5.69 Å². The van der Waals surface area contributed by atoms with Crippen LogP contribution in [0.5, 0.6) is 5.75 Å². The van der Waals surface area contributed by atoms with Crippen LogP contribution >= 0.6 is 0 Å². The fraction of sp³-hybridized carbons (Fsp3) is 0.211. The number of para-hydroxylation sites is 1. The average Bonchev–Trinajstić information content (AvgIpc) is 2.61. The van der Waals surface area contributed by atoms with Crippen LogP contribution in [-0.2, 0) is 5.41 Å². The molecule has 144 valence electrons. The van der Waals surface area contributed by atoms with Crippen molar-refractivity contribution >= 4 is 22.8 Å². The number of H-pyrrole nitrogens is 1. The molecule has 3 rings (SSSR count). The van der Waals surface area contributed by atoms with E-state index in [0.29, 0.717) is 15.8 Å². The molecule has 3 aromatic rings. The van der Waals surface area contributed by atoms with Crippen LogP contribution in [0.1, 0.15) is 31.9 Å². The fourth-order valence-corrected chi connectivity index (χ4v) is 2.68. The van der Waals surface area contributed by atoms with Crippen LogP contribution in [0.15, 0.2) is 51.1 Å². The molecule has 9 heteroatoms. The third-order valence-corrected chi connectivity index (χ3v) is 4.26. The lowest BCUT2D eigenvalue weighted by Crippen LogP contribution is -2.32. The number of rotatable bonds is 3. The summed E-state index contributed by atoms with van der Waals surface area (Å²) >= 11 is 0. The maximum absolute atomic E-state index is 12.5. The summed E-state index contributed by atoms with van der Waals surface area (Å²) in [4.78, 5) is 37.7. The number of hydrogen-bond acceptors (Lipinski definition) is 6. The van der Waals surface area contributed by atoms with E-state index in [9.17, 15) is 24.8 Å². The molecule has 0 aliphatic heterocycles.